The minimum Gasteiger partial charge on any atom is -0.481 e. The summed E-state index contributed by atoms with van der Waals surface area (Å²) in [5, 5.41) is 1.98. The minimum absolute atomic E-state index is 0.246. The van der Waals surface area contributed by atoms with Crippen molar-refractivity contribution >= 4 is 38.9 Å². The second kappa shape index (κ2) is 9.90. The van der Waals surface area contributed by atoms with Crippen LogP contribution in [0.5, 0.6) is 5.75 Å². The molecule has 0 aliphatic rings. The number of ether oxygens (including phenoxy) is 1. The summed E-state index contributed by atoms with van der Waals surface area (Å²) in [6.45, 7) is 1.47. The van der Waals surface area contributed by atoms with Crippen LogP contribution in [-0.4, -0.2) is 20.4 Å². The molecule has 0 heterocycles. The van der Waals surface area contributed by atoms with Crippen LogP contribution in [0, 0.1) is 5.82 Å². The summed E-state index contributed by atoms with van der Waals surface area (Å²) in [5.41, 5.74) is -1.24. The Kier molecular flexibility index (Phi) is 7.37. The van der Waals surface area contributed by atoms with Crippen molar-refractivity contribution in [3.05, 3.63) is 83.1 Å². The van der Waals surface area contributed by atoms with E-state index < -0.39 is 44.6 Å². The Labute approximate surface area is 197 Å². The first-order chi connectivity index (χ1) is 15.8. The molecule has 34 heavy (non-hydrogen) atoms. The molecule has 0 saturated heterocycles. The molecule has 0 spiro atoms. The van der Waals surface area contributed by atoms with Crippen molar-refractivity contribution in [2.24, 2.45) is 0 Å². The number of carbonyl (C=O) groups excluding carboxylic acids is 1. The van der Waals surface area contributed by atoms with Crippen molar-refractivity contribution in [2.45, 2.75) is 24.1 Å². The van der Waals surface area contributed by atoms with Crippen LogP contribution in [0.25, 0.3) is 0 Å². The molecule has 0 aliphatic carbocycles. The van der Waals surface area contributed by atoms with Gasteiger partial charge in [-0.1, -0.05) is 11.6 Å². The number of carbonyl (C=O) groups is 1. The number of rotatable bonds is 7. The van der Waals surface area contributed by atoms with Gasteiger partial charge in [-0.25, -0.2) is 12.8 Å². The van der Waals surface area contributed by atoms with E-state index in [4.69, 9.17) is 16.3 Å². The molecule has 2 N–H and O–H groups in total. The number of anilines is 2. The maximum absolute atomic E-state index is 13.0. The number of nitrogens with one attached hydrogen (secondary N) is 2. The zero-order chi connectivity index (χ0) is 25.1. The summed E-state index contributed by atoms with van der Waals surface area (Å²) in [5.74, 6) is -0.711. The largest absolute Gasteiger partial charge is 0.481 e. The number of hydrogen-bond donors (Lipinski definition) is 2. The third kappa shape index (κ3) is 6.39. The van der Waals surface area contributed by atoms with Crippen LogP contribution in [-0.2, 0) is 21.0 Å². The van der Waals surface area contributed by atoms with Gasteiger partial charge >= 0.3 is 6.18 Å². The number of benzene rings is 3. The van der Waals surface area contributed by atoms with Crippen molar-refractivity contribution < 1.29 is 35.5 Å². The van der Waals surface area contributed by atoms with Gasteiger partial charge in [-0.3, -0.25) is 9.52 Å². The minimum atomic E-state index is -4.75. The molecule has 0 radical (unpaired) electrons. The fraction of sp³-hybridized carbons (Fsp3) is 0.136. The van der Waals surface area contributed by atoms with E-state index in [0.29, 0.717) is 6.07 Å². The molecule has 3 aromatic rings. The molecule has 6 nitrogen and oxygen atoms in total. The highest BCUT2D eigenvalue weighted by molar-refractivity contribution is 7.92. The lowest BCUT2D eigenvalue weighted by molar-refractivity contribution is -0.137. The van der Waals surface area contributed by atoms with E-state index in [0.717, 1.165) is 12.1 Å². The zero-order valence-corrected chi connectivity index (χ0v) is 18.9. The van der Waals surface area contributed by atoms with E-state index in [9.17, 15) is 30.8 Å². The molecule has 0 saturated carbocycles. The number of amides is 1. The Hall–Kier alpha value is -3.31. The zero-order valence-electron chi connectivity index (χ0n) is 17.4. The fourth-order valence-electron chi connectivity index (χ4n) is 2.75. The average molecular weight is 517 g/mol. The molecular weight excluding hydrogens is 500 g/mol. The lowest BCUT2D eigenvalue weighted by Gasteiger charge is -2.15. The van der Waals surface area contributed by atoms with E-state index in [1.807, 2.05) is 0 Å². The number of alkyl halides is 3. The van der Waals surface area contributed by atoms with E-state index >= 15 is 0 Å². The molecule has 180 valence electrons. The summed E-state index contributed by atoms with van der Waals surface area (Å²) in [6, 6.07) is 12.7. The summed E-state index contributed by atoms with van der Waals surface area (Å²) < 4.78 is 84.6. The van der Waals surface area contributed by atoms with Crippen LogP contribution in [0.2, 0.25) is 5.02 Å². The van der Waals surface area contributed by atoms with Crippen molar-refractivity contribution in [1.29, 1.82) is 0 Å². The Morgan fingerprint density at radius 1 is 0.971 bits per heavy atom. The predicted molar refractivity (Wildman–Crippen MR) is 119 cm³/mol. The summed E-state index contributed by atoms with van der Waals surface area (Å²) >= 11 is 5.55. The predicted octanol–water partition coefficient (Wildman–Crippen LogP) is 5.70. The highest BCUT2D eigenvalue weighted by Gasteiger charge is 2.33. The van der Waals surface area contributed by atoms with Crippen molar-refractivity contribution in [3.63, 3.8) is 0 Å². The molecule has 3 aromatic carbocycles. The lowest BCUT2D eigenvalue weighted by Crippen LogP contribution is -2.30. The van der Waals surface area contributed by atoms with E-state index in [-0.39, 0.29) is 22.0 Å². The van der Waals surface area contributed by atoms with Gasteiger partial charge < -0.3 is 10.1 Å². The quantitative estimate of drug-likeness (QED) is 0.394. The topological polar surface area (TPSA) is 84.5 Å². The molecule has 3 rings (SSSR count). The van der Waals surface area contributed by atoms with Gasteiger partial charge in [0.25, 0.3) is 15.9 Å². The van der Waals surface area contributed by atoms with Gasteiger partial charge in [0.1, 0.15) is 11.6 Å². The average Bonchev–Trinajstić information content (AvgIpc) is 2.76. The third-order valence-corrected chi connectivity index (χ3v) is 6.18. The molecular formula is C22H17ClF4N2O4S. The van der Waals surface area contributed by atoms with Crippen molar-refractivity contribution in [2.75, 3.05) is 10.0 Å². The molecule has 0 bridgehead atoms. The molecule has 1 unspecified atom stereocenters. The Morgan fingerprint density at radius 3 is 2.15 bits per heavy atom. The van der Waals surface area contributed by atoms with E-state index in [2.05, 4.69) is 10.0 Å². The van der Waals surface area contributed by atoms with Gasteiger partial charge in [-0.05, 0) is 73.7 Å². The number of hydrogen-bond acceptors (Lipinski definition) is 4. The SMILES string of the molecule is CC(Oc1ccc(F)cc1)C(=O)Nc1ccc(S(=O)(=O)Nc2ccc(Cl)c(C(F)(F)F)c2)cc1. The number of sulfonamides is 1. The van der Waals surface area contributed by atoms with Crippen LogP contribution >= 0.6 is 11.6 Å². The maximum Gasteiger partial charge on any atom is 0.417 e. The van der Waals surface area contributed by atoms with Gasteiger partial charge in [0.05, 0.1) is 15.5 Å². The fourth-order valence-corrected chi connectivity index (χ4v) is 4.03. The van der Waals surface area contributed by atoms with Gasteiger partial charge in [0.2, 0.25) is 0 Å². The highest BCUT2D eigenvalue weighted by atomic mass is 35.5. The van der Waals surface area contributed by atoms with Crippen LogP contribution in [0.4, 0.5) is 28.9 Å². The number of halogens is 5. The van der Waals surface area contributed by atoms with Crippen LogP contribution < -0.4 is 14.8 Å². The van der Waals surface area contributed by atoms with Gasteiger partial charge in [-0.2, -0.15) is 13.2 Å². The molecule has 0 aromatic heterocycles. The standard InChI is InChI=1S/C22H17ClF4N2O4S/c1-13(33-17-7-2-14(24)3-8-17)21(30)28-15-4-9-18(10-5-15)34(31,32)29-16-6-11-20(23)19(12-16)22(25,26)27/h2-13,29H,1H3,(H,28,30). The van der Waals surface area contributed by atoms with Crippen molar-refractivity contribution in [3.8, 4) is 5.75 Å². The Morgan fingerprint density at radius 2 is 1.56 bits per heavy atom. The smallest absolute Gasteiger partial charge is 0.417 e. The van der Waals surface area contributed by atoms with Crippen LogP contribution in [0.1, 0.15) is 12.5 Å². The highest BCUT2D eigenvalue weighted by Crippen LogP contribution is 2.36. The second-order valence-electron chi connectivity index (χ2n) is 7.03. The van der Waals surface area contributed by atoms with Gasteiger partial charge in [0.15, 0.2) is 6.10 Å². The Bertz CT molecular complexity index is 1280. The Balaban J connectivity index is 1.67. The van der Waals surface area contributed by atoms with Gasteiger partial charge in [0, 0.05) is 11.4 Å². The maximum atomic E-state index is 13.0. The summed E-state index contributed by atoms with van der Waals surface area (Å²) in [7, 11) is -4.22. The molecule has 12 heteroatoms. The monoisotopic (exact) mass is 516 g/mol. The van der Waals surface area contributed by atoms with Gasteiger partial charge in [-0.15, -0.1) is 0 Å². The summed E-state index contributed by atoms with van der Waals surface area (Å²) in [6.07, 6.45) is -5.70. The normalized spacial score (nSPS) is 12.6. The molecule has 0 fully saturated rings. The second-order valence-corrected chi connectivity index (χ2v) is 9.12. The van der Waals surface area contributed by atoms with E-state index in [1.54, 1.807) is 0 Å². The van der Waals surface area contributed by atoms with Crippen LogP contribution in [0.3, 0.4) is 0 Å². The lowest BCUT2D eigenvalue weighted by atomic mass is 10.2. The first-order valence-corrected chi connectivity index (χ1v) is 11.4. The first kappa shape index (κ1) is 25.3. The summed E-state index contributed by atoms with van der Waals surface area (Å²) in [4.78, 5) is 12.1. The van der Waals surface area contributed by atoms with Crippen molar-refractivity contribution in [1.82, 2.24) is 0 Å². The molecule has 1 atom stereocenters. The van der Waals surface area contributed by atoms with Crippen LogP contribution in [0.15, 0.2) is 71.6 Å². The third-order valence-electron chi connectivity index (χ3n) is 4.45. The molecule has 0 aliphatic heterocycles. The molecule has 1 amide bonds. The van der Waals surface area contributed by atoms with E-state index in [1.165, 1.54) is 55.5 Å². The first-order valence-electron chi connectivity index (χ1n) is 9.58.